The Morgan fingerprint density at radius 3 is 2.83 bits per heavy atom. The molecule has 6 nitrogen and oxygen atoms in total. The number of aromatic nitrogens is 2. The molecule has 0 aliphatic rings. The van der Waals surface area contributed by atoms with Crippen molar-refractivity contribution >= 4 is 17.6 Å². The van der Waals surface area contributed by atoms with Crippen molar-refractivity contribution < 1.29 is 9.53 Å². The minimum Gasteiger partial charge on any atom is -0.469 e. The first kappa shape index (κ1) is 14.2. The number of carbonyl (C=O) groups excluding carboxylic acids is 1. The second-order valence-corrected chi connectivity index (χ2v) is 4.31. The predicted molar refractivity (Wildman–Crippen MR) is 70.7 cm³/mol. The van der Waals surface area contributed by atoms with E-state index < -0.39 is 0 Å². The topological polar surface area (TPSA) is 67.3 Å². The van der Waals surface area contributed by atoms with Crippen LogP contribution < -0.4 is 10.2 Å². The van der Waals surface area contributed by atoms with E-state index >= 15 is 0 Å². The van der Waals surface area contributed by atoms with Gasteiger partial charge in [-0.1, -0.05) is 0 Å². The van der Waals surface area contributed by atoms with E-state index in [1.165, 1.54) is 13.4 Å². The SMILES string of the molecule is COC(=O)CCN(C)c1cc(NC(C)C)ncn1. The molecule has 0 atom stereocenters. The second-order valence-electron chi connectivity index (χ2n) is 4.31. The highest BCUT2D eigenvalue weighted by Crippen LogP contribution is 2.13. The maximum Gasteiger partial charge on any atom is 0.307 e. The van der Waals surface area contributed by atoms with Gasteiger partial charge in [-0.05, 0) is 13.8 Å². The Kier molecular flexibility index (Phi) is 5.35. The molecule has 0 spiro atoms. The van der Waals surface area contributed by atoms with Gasteiger partial charge in [0, 0.05) is 25.7 Å². The van der Waals surface area contributed by atoms with E-state index in [4.69, 9.17) is 0 Å². The minimum absolute atomic E-state index is 0.226. The molecule has 0 aromatic carbocycles. The van der Waals surface area contributed by atoms with E-state index in [-0.39, 0.29) is 5.97 Å². The van der Waals surface area contributed by atoms with Crippen molar-refractivity contribution in [1.82, 2.24) is 9.97 Å². The van der Waals surface area contributed by atoms with Gasteiger partial charge >= 0.3 is 5.97 Å². The van der Waals surface area contributed by atoms with Crippen molar-refractivity contribution in [3.8, 4) is 0 Å². The largest absolute Gasteiger partial charge is 0.469 e. The smallest absolute Gasteiger partial charge is 0.307 e. The first-order valence-electron chi connectivity index (χ1n) is 5.89. The standard InChI is InChI=1S/C12H20N4O2/c1-9(2)15-10-7-11(14-8-13-10)16(3)6-5-12(17)18-4/h7-9H,5-6H2,1-4H3,(H,13,14,15). The predicted octanol–water partition coefficient (Wildman–Crippen LogP) is 1.30. The Labute approximate surface area is 107 Å². The molecule has 0 saturated heterocycles. The highest BCUT2D eigenvalue weighted by molar-refractivity contribution is 5.69. The summed E-state index contributed by atoms with van der Waals surface area (Å²) < 4.78 is 4.60. The van der Waals surface area contributed by atoms with Gasteiger partial charge in [-0.25, -0.2) is 9.97 Å². The van der Waals surface area contributed by atoms with E-state index in [1.807, 2.05) is 31.9 Å². The maximum absolute atomic E-state index is 11.1. The van der Waals surface area contributed by atoms with E-state index in [0.717, 1.165) is 11.6 Å². The fraction of sp³-hybridized carbons (Fsp3) is 0.583. The van der Waals surface area contributed by atoms with Crippen molar-refractivity contribution in [2.24, 2.45) is 0 Å². The molecule has 1 rings (SSSR count). The molecule has 1 heterocycles. The average molecular weight is 252 g/mol. The van der Waals surface area contributed by atoms with Gasteiger partial charge < -0.3 is 15.0 Å². The van der Waals surface area contributed by atoms with Gasteiger partial charge in [0.15, 0.2) is 0 Å². The zero-order valence-electron chi connectivity index (χ0n) is 11.3. The van der Waals surface area contributed by atoms with Crippen molar-refractivity contribution in [1.29, 1.82) is 0 Å². The molecule has 0 bridgehead atoms. The Morgan fingerprint density at radius 2 is 2.22 bits per heavy atom. The average Bonchev–Trinajstić information content (AvgIpc) is 2.35. The molecule has 0 amide bonds. The number of rotatable bonds is 6. The molecule has 0 radical (unpaired) electrons. The van der Waals surface area contributed by atoms with Crippen molar-refractivity contribution in [2.45, 2.75) is 26.3 Å². The van der Waals surface area contributed by atoms with Crippen LogP contribution in [0.3, 0.4) is 0 Å². The third-order valence-electron chi connectivity index (χ3n) is 2.36. The number of nitrogens with zero attached hydrogens (tertiary/aromatic N) is 3. The molecule has 0 unspecified atom stereocenters. The number of anilines is 2. The normalized spacial score (nSPS) is 10.3. The van der Waals surface area contributed by atoms with Crippen LogP contribution in [0.15, 0.2) is 12.4 Å². The summed E-state index contributed by atoms with van der Waals surface area (Å²) >= 11 is 0. The van der Waals surface area contributed by atoms with E-state index in [2.05, 4.69) is 20.0 Å². The highest BCUT2D eigenvalue weighted by Gasteiger charge is 2.07. The molecule has 18 heavy (non-hydrogen) atoms. The Hall–Kier alpha value is -1.85. The molecule has 0 fully saturated rings. The molecule has 0 aliphatic heterocycles. The first-order chi connectivity index (χ1) is 8.52. The summed E-state index contributed by atoms with van der Waals surface area (Å²) in [5.74, 6) is 1.33. The monoisotopic (exact) mass is 252 g/mol. The Morgan fingerprint density at radius 1 is 1.50 bits per heavy atom. The van der Waals surface area contributed by atoms with E-state index in [0.29, 0.717) is 19.0 Å². The molecule has 1 aromatic rings. The van der Waals surface area contributed by atoms with Crippen molar-refractivity contribution in [2.75, 3.05) is 30.9 Å². The summed E-state index contributed by atoms with van der Waals surface area (Å²) in [7, 11) is 3.27. The van der Waals surface area contributed by atoms with Crippen LogP contribution in [0, 0.1) is 0 Å². The van der Waals surface area contributed by atoms with Crippen LogP contribution in [0.5, 0.6) is 0 Å². The number of carbonyl (C=O) groups is 1. The first-order valence-corrected chi connectivity index (χ1v) is 5.89. The van der Waals surface area contributed by atoms with Gasteiger partial charge in [0.05, 0.1) is 13.5 Å². The highest BCUT2D eigenvalue weighted by atomic mass is 16.5. The number of hydrogen-bond donors (Lipinski definition) is 1. The van der Waals surface area contributed by atoms with Gasteiger partial charge in [0.25, 0.3) is 0 Å². The van der Waals surface area contributed by atoms with Gasteiger partial charge in [0.2, 0.25) is 0 Å². The van der Waals surface area contributed by atoms with Gasteiger partial charge in [-0.15, -0.1) is 0 Å². The summed E-state index contributed by atoms with van der Waals surface area (Å²) in [4.78, 5) is 21.3. The number of ether oxygens (including phenoxy) is 1. The van der Waals surface area contributed by atoms with Crippen LogP contribution in [0.2, 0.25) is 0 Å². The number of hydrogen-bond acceptors (Lipinski definition) is 6. The lowest BCUT2D eigenvalue weighted by atomic mass is 10.3. The number of nitrogens with one attached hydrogen (secondary N) is 1. The lowest BCUT2D eigenvalue weighted by Gasteiger charge is -2.18. The van der Waals surface area contributed by atoms with Gasteiger partial charge in [-0.3, -0.25) is 4.79 Å². The molecular weight excluding hydrogens is 232 g/mol. The van der Waals surface area contributed by atoms with Crippen LogP contribution in [0.4, 0.5) is 11.6 Å². The number of esters is 1. The summed E-state index contributed by atoms with van der Waals surface area (Å²) in [6, 6.07) is 2.17. The molecular formula is C12H20N4O2. The quantitative estimate of drug-likeness (QED) is 0.770. The molecule has 1 aromatic heterocycles. The molecule has 0 saturated carbocycles. The minimum atomic E-state index is -0.226. The lowest BCUT2D eigenvalue weighted by Crippen LogP contribution is -2.23. The van der Waals surface area contributed by atoms with Crippen molar-refractivity contribution in [3.63, 3.8) is 0 Å². The Balaban J connectivity index is 2.62. The summed E-state index contributed by atoms with van der Waals surface area (Å²) in [6.45, 7) is 4.65. The van der Waals surface area contributed by atoms with Crippen molar-refractivity contribution in [3.05, 3.63) is 12.4 Å². The third kappa shape index (κ3) is 4.57. The maximum atomic E-state index is 11.1. The third-order valence-corrected chi connectivity index (χ3v) is 2.36. The fourth-order valence-electron chi connectivity index (χ4n) is 1.41. The van der Waals surface area contributed by atoms with Crippen LogP contribution in [-0.2, 0) is 9.53 Å². The molecule has 6 heteroatoms. The van der Waals surface area contributed by atoms with Crippen LogP contribution in [0.25, 0.3) is 0 Å². The fourth-order valence-corrected chi connectivity index (χ4v) is 1.41. The molecule has 0 aliphatic carbocycles. The van der Waals surface area contributed by atoms with Gasteiger partial charge in [0.1, 0.15) is 18.0 Å². The van der Waals surface area contributed by atoms with Gasteiger partial charge in [-0.2, -0.15) is 0 Å². The van der Waals surface area contributed by atoms with Crippen LogP contribution >= 0.6 is 0 Å². The number of methoxy groups -OCH3 is 1. The van der Waals surface area contributed by atoms with Crippen LogP contribution in [-0.4, -0.2) is 42.7 Å². The summed E-state index contributed by atoms with van der Waals surface area (Å²) in [5.41, 5.74) is 0. The zero-order valence-corrected chi connectivity index (χ0v) is 11.3. The molecule has 1 N–H and O–H groups in total. The second kappa shape index (κ2) is 6.78. The Bertz CT molecular complexity index is 395. The van der Waals surface area contributed by atoms with E-state index in [9.17, 15) is 4.79 Å². The summed E-state index contributed by atoms with van der Waals surface area (Å²) in [5, 5.41) is 3.21. The van der Waals surface area contributed by atoms with Crippen LogP contribution in [0.1, 0.15) is 20.3 Å². The zero-order chi connectivity index (χ0) is 13.5. The lowest BCUT2D eigenvalue weighted by molar-refractivity contribution is -0.140. The van der Waals surface area contributed by atoms with E-state index in [1.54, 1.807) is 0 Å². The summed E-state index contributed by atoms with van der Waals surface area (Å²) in [6.07, 6.45) is 1.85. The molecule has 100 valence electrons.